The van der Waals surface area contributed by atoms with Crippen LogP contribution in [0.2, 0.25) is 0 Å². The summed E-state index contributed by atoms with van der Waals surface area (Å²) in [6.45, 7) is 4.73. The van der Waals surface area contributed by atoms with Crippen LogP contribution in [0, 0.1) is 0 Å². The molecule has 0 N–H and O–H groups in total. The van der Waals surface area contributed by atoms with Gasteiger partial charge in [-0.25, -0.2) is 0 Å². The summed E-state index contributed by atoms with van der Waals surface area (Å²) in [6.07, 6.45) is 3.28. The third-order valence-electron chi connectivity index (χ3n) is 2.59. The van der Waals surface area contributed by atoms with E-state index in [0.717, 1.165) is 50.5 Å². The number of ether oxygens (including phenoxy) is 2. The summed E-state index contributed by atoms with van der Waals surface area (Å²) in [7, 11) is 4.14. The minimum Gasteiger partial charge on any atom is -0.493 e. The van der Waals surface area contributed by atoms with Gasteiger partial charge in [0.15, 0.2) is 0 Å². The van der Waals surface area contributed by atoms with Gasteiger partial charge in [-0.1, -0.05) is 19.4 Å². The lowest BCUT2D eigenvalue weighted by molar-refractivity contribution is 0.276. The first-order valence-electron chi connectivity index (χ1n) is 6.72. The predicted molar refractivity (Wildman–Crippen MR) is 75.5 cm³/mol. The molecule has 0 heterocycles. The van der Waals surface area contributed by atoms with Gasteiger partial charge in [0, 0.05) is 12.6 Å². The maximum Gasteiger partial charge on any atom is 0.122 e. The molecule has 0 spiro atoms. The van der Waals surface area contributed by atoms with E-state index in [2.05, 4.69) is 25.9 Å². The Kier molecular flexibility index (Phi) is 7.26. The van der Waals surface area contributed by atoms with Gasteiger partial charge in [-0.05, 0) is 39.1 Å². The summed E-state index contributed by atoms with van der Waals surface area (Å²) >= 11 is 0. The van der Waals surface area contributed by atoms with Gasteiger partial charge in [0.25, 0.3) is 0 Å². The Morgan fingerprint density at radius 1 is 1.00 bits per heavy atom. The van der Waals surface area contributed by atoms with Crippen LogP contribution in [-0.2, 0) is 0 Å². The van der Waals surface area contributed by atoms with Crippen molar-refractivity contribution in [2.45, 2.75) is 26.2 Å². The Labute approximate surface area is 111 Å². The van der Waals surface area contributed by atoms with Gasteiger partial charge >= 0.3 is 0 Å². The second-order valence-electron chi connectivity index (χ2n) is 4.68. The van der Waals surface area contributed by atoms with Crippen LogP contribution in [0.5, 0.6) is 11.5 Å². The Morgan fingerprint density at radius 2 is 1.61 bits per heavy atom. The van der Waals surface area contributed by atoms with E-state index in [9.17, 15) is 0 Å². The Morgan fingerprint density at radius 3 is 2.17 bits per heavy atom. The van der Waals surface area contributed by atoms with Crippen molar-refractivity contribution >= 4 is 0 Å². The highest BCUT2D eigenvalue weighted by Crippen LogP contribution is 2.19. The molecule has 0 saturated carbocycles. The molecule has 0 unspecified atom stereocenters. The Balaban J connectivity index is 2.30. The van der Waals surface area contributed by atoms with Crippen molar-refractivity contribution in [2.75, 3.05) is 33.9 Å². The molecule has 1 aromatic carbocycles. The van der Waals surface area contributed by atoms with Gasteiger partial charge in [0.2, 0.25) is 0 Å². The first-order chi connectivity index (χ1) is 8.72. The minimum absolute atomic E-state index is 0.747. The zero-order chi connectivity index (χ0) is 13.2. The maximum absolute atomic E-state index is 5.70. The smallest absolute Gasteiger partial charge is 0.122 e. The van der Waals surface area contributed by atoms with E-state index in [1.807, 2.05) is 24.3 Å². The summed E-state index contributed by atoms with van der Waals surface area (Å²) in [6, 6.07) is 7.89. The van der Waals surface area contributed by atoms with Crippen LogP contribution in [0.3, 0.4) is 0 Å². The third kappa shape index (κ3) is 6.50. The molecule has 0 saturated heterocycles. The average Bonchev–Trinajstić information content (AvgIpc) is 2.35. The van der Waals surface area contributed by atoms with E-state index in [-0.39, 0.29) is 0 Å². The van der Waals surface area contributed by atoms with Gasteiger partial charge < -0.3 is 14.4 Å². The molecule has 0 amide bonds. The van der Waals surface area contributed by atoms with E-state index in [1.165, 1.54) is 0 Å². The number of unbranched alkanes of at least 4 members (excludes halogenated alkanes) is 1. The molecule has 1 rings (SSSR count). The second-order valence-corrected chi connectivity index (χ2v) is 4.68. The average molecular weight is 251 g/mol. The van der Waals surface area contributed by atoms with Crippen LogP contribution in [0.25, 0.3) is 0 Å². The van der Waals surface area contributed by atoms with E-state index < -0.39 is 0 Å². The van der Waals surface area contributed by atoms with E-state index in [0.29, 0.717) is 0 Å². The number of rotatable bonds is 9. The lowest BCUT2D eigenvalue weighted by atomic mass is 10.3. The molecule has 102 valence electrons. The zero-order valence-electron chi connectivity index (χ0n) is 11.8. The molecule has 1 aromatic rings. The summed E-state index contributed by atoms with van der Waals surface area (Å²) in [5, 5.41) is 0. The molecule has 0 aliphatic rings. The SMILES string of the molecule is CCCCOc1cccc(OCCCN(C)C)c1. The molecule has 0 bridgehead atoms. The summed E-state index contributed by atoms with van der Waals surface area (Å²) in [5.41, 5.74) is 0. The van der Waals surface area contributed by atoms with Crippen LogP contribution >= 0.6 is 0 Å². The predicted octanol–water partition coefficient (Wildman–Crippen LogP) is 3.20. The molecule has 0 aromatic heterocycles. The first-order valence-corrected chi connectivity index (χ1v) is 6.72. The fourth-order valence-corrected chi connectivity index (χ4v) is 1.56. The van der Waals surface area contributed by atoms with Crippen LogP contribution < -0.4 is 9.47 Å². The van der Waals surface area contributed by atoms with Crippen molar-refractivity contribution in [3.63, 3.8) is 0 Å². The van der Waals surface area contributed by atoms with Crippen LogP contribution in [0.1, 0.15) is 26.2 Å². The van der Waals surface area contributed by atoms with E-state index in [1.54, 1.807) is 0 Å². The van der Waals surface area contributed by atoms with Crippen molar-refractivity contribution < 1.29 is 9.47 Å². The lowest BCUT2D eigenvalue weighted by Crippen LogP contribution is -2.15. The molecular formula is C15H25NO2. The monoisotopic (exact) mass is 251 g/mol. The van der Waals surface area contributed by atoms with Crippen molar-refractivity contribution in [2.24, 2.45) is 0 Å². The van der Waals surface area contributed by atoms with Gasteiger partial charge in [-0.15, -0.1) is 0 Å². The number of benzene rings is 1. The highest BCUT2D eigenvalue weighted by molar-refractivity contribution is 5.32. The highest BCUT2D eigenvalue weighted by atomic mass is 16.5. The Bertz CT molecular complexity index is 326. The zero-order valence-corrected chi connectivity index (χ0v) is 11.8. The van der Waals surface area contributed by atoms with E-state index >= 15 is 0 Å². The van der Waals surface area contributed by atoms with Gasteiger partial charge in [0.05, 0.1) is 13.2 Å². The topological polar surface area (TPSA) is 21.7 Å². The Hall–Kier alpha value is -1.22. The van der Waals surface area contributed by atoms with Gasteiger partial charge in [-0.2, -0.15) is 0 Å². The standard InChI is InChI=1S/C15H25NO2/c1-4-5-11-17-14-8-6-9-15(13-14)18-12-7-10-16(2)3/h6,8-9,13H,4-5,7,10-12H2,1-3H3. The number of hydrogen-bond donors (Lipinski definition) is 0. The van der Waals surface area contributed by atoms with Crippen molar-refractivity contribution in [3.8, 4) is 11.5 Å². The largest absolute Gasteiger partial charge is 0.493 e. The van der Waals surface area contributed by atoms with Crippen LogP contribution in [0.4, 0.5) is 0 Å². The summed E-state index contributed by atoms with van der Waals surface area (Å²) < 4.78 is 11.3. The van der Waals surface area contributed by atoms with E-state index in [4.69, 9.17) is 9.47 Å². The lowest BCUT2D eigenvalue weighted by Gasteiger charge is -2.11. The minimum atomic E-state index is 0.747. The van der Waals surface area contributed by atoms with Gasteiger partial charge in [-0.3, -0.25) is 0 Å². The third-order valence-corrected chi connectivity index (χ3v) is 2.59. The molecular weight excluding hydrogens is 226 g/mol. The molecule has 3 nitrogen and oxygen atoms in total. The fraction of sp³-hybridized carbons (Fsp3) is 0.600. The maximum atomic E-state index is 5.70. The number of hydrogen-bond acceptors (Lipinski definition) is 3. The molecule has 0 atom stereocenters. The molecule has 0 fully saturated rings. The van der Waals surface area contributed by atoms with Crippen LogP contribution in [-0.4, -0.2) is 38.8 Å². The molecule has 18 heavy (non-hydrogen) atoms. The summed E-state index contributed by atoms with van der Waals surface area (Å²) in [4.78, 5) is 2.16. The molecule has 0 aliphatic heterocycles. The number of nitrogens with zero attached hydrogens (tertiary/aromatic N) is 1. The summed E-state index contributed by atoms with van der Waals surface area (Å²) in [5.74, 6) is 1.79. The van der Waals surface area contributed by atoms with Crippen molar-refractivity contribution in [1.29, 1.82) is 0 Å². The fourth-order valence-electron chi connectivity index (χ4n) is 1.56. The molecule has 3 heteroatoms. The molecule has 0 aliphatic carbocycles. The quantitative estimate of drug-likeness (QED) is 0.629. The highest BCUT2D eigenvalue weighted by Gasteiger charge is 1.98. The normalized spacial score (nSPS) is 10.7. The first kappa shape index (κ1) is 14.8. The van der Waals surface area contributed by atoms with Gasteiger partial charge in [0.1, 0.15) is 11.5 Å². The second kappa shape index (κ2) is 8.81. The van der Waals surface area contributed by atoms with Crippen molar-refractivity contribution in [3.05, 3.63) is 24.3 Å². The van der Waals surface area contributed by atoms with Crippen molar-refractivity contribution in [1.82, 2.24) is 4.90 Å². The molecule has 0 radical (unpaired) electrons. The van der Waals surface area contributed by atoms with Crippen LogP contribution in [0.15, 0.2) is 24.3 Å².